The molecule has 1 saturated carbocycles. The van der Waals surface area contributed by atoms with Crippen molar-refractivity contribution in [2.75, 3.05) is 6.54 Å². The molecule has 0 spiro atoms. The van der Waals surface area contributed by atoms with Gasteiger partial charge in [0.2, 0.25) is 0 Å². The molecule has 1 aromatic rings. The summed E-state index contributed by atoms with van der Waals surface area (Å²) in [6.07, 6.45) is 4.24. The molecule has 0 radical (unpaired) electrons. The summed E-state index contributed by atoms with van der Waals surface area (Å²) in [5.41, 5.74) is 1.35. The lowest BCUT2D eigenvalue weighted by molar-refractivity contribution is 0.108. The molecule has 0 saturated heterocycles. The smallest absolute Gasteiger partial charge is 0.0540 e. The highest BCUT2D eigenvalue weighted by Crippen LogP contribution is 2.24. The number of benzene rings is 1. The Hall–Kier alpha value is -0.860. The maximum atomic E-state index is 9.46. The second kappa shape index (κ2) is 6.18. The van der Waals surface area contributed by atoms with Crippen LogP contribution in [0.25, 0.3) is 0 Å². The third-order valence-electron chi connectivity index (χ3n) is 3.83. The molecule has 0 amide bonds. The van der Waals surface area contributed by atoms with Crippen molar-refractivity contribution in [1.82, 2.24) is 5.32 Å². The molecule has 1 aliphatic carbocycles. The lowest BCUT2D eigenvalue weighted by atomic mass is 9.87. The van der Waals surface area contributed by atoms with E-state index in [1.54, 1.807) is 0 Å². The first-order valence-electron chi connectivity index (χ1n) is 6.72. The average molecular weight is 233 g/mol. The summed E-state index contributed by atoms with van der Waals surface area (Å²) < 4.78 is 0. The first kappa shape index (κ1) is 12.6. The van der Waals surface area contributed by atoms with Gasteiger partial charge in [-0.25, -0.2) is 0 Å². The molecule has 17 heavy (non-hydrogen) atoms. The van der Waals surface area contributed by atoms with Gasteiger partial charge in [0.25, 0.3) is 0 Å². The van der Waals surface area contributed by atoms with Crippen molar-refractivity contribution in [1.29, 1.82) is 0 Å². The largest absolute Gasteiger partial charge is 0.393 e. The van der Waals surface area contributed by atoms with Crippen LogP contribution in [0.4, 0.5) is 0 Å². The third kappa shape index (κ3) is 3.83. The monoisotopic (exact) mass is 233 g/mol. The van der Waals surface area contributed by atoms with E-state index in [9.17, 15) is 5.11 Å². The SMILES string of the molecule is CC(NCC1CCC(O)CC1)c1ccccc1. The summed E-state index contributed by atoms with van der Waals surface area (Å²) in [5, 5.41) is 13.1. The van der Waals surface area contributed by atoms with Gasteiger partial charge in [0, 0.05) is 6.04 Å². The van der Waals surface area contributed by atoms with Gasteiger partial charge in [0.1, 0.15) is 0 Å². The Morgan fingerprint density at radius 3 is 2.47 bits per heavy atom. The van der Waals surface area contributed by atoms with Gasteiger partial charge in [-0.3, -0.25) is 0 Å². The predicted octanol–water partition coefficient (Wildman–Crippen LogP) is 2.89. The molecule has 1 aliphatic rings. The maximum absolute atomic E-state index is 9.46. The second-order valence-electron chi connectivity index (χ2n) is 5.22. The van der Waals surface area contributed by atoms with Crippen LogP contribution in [0, 0.1) is 5.92 Å². The van der Waals surface area contributed by atoms with Gasteiger partial charge in [0.05, 0.1) is 6.10 Å². The minimum atomic E-state index is -0.0437. The fourth-order valence-corrected chi connectivity index (χ4v) is 2.55. The maximum Gasteiger partial charge on any atom is 0.0540 e. The van der Waals surface area contributed by atoms with Crippen LogP contribution in [-0.2, 0) is 0 Å². The van der Waals surface area contributed by atoms with Crippen LogP contribution in [0.3, 0.4) is 0 Å². The van der Waals surface area contributed by atoms with E-state index in [2.05, 4.69) is 42.6 Å². The summed E-state index contributed by atoms with van der Waals surface area (Å²) in [6, 6.07) is 11.0. The van der Waals surface area contributed by atoms with Crippen LogP contribution in [0.2, 0.25) is 0 Å². The topological polar surface area (TPSA) is 32.3 Å². The van der Waals surface area contributed by atoms with E-state index in [1.165, 1.54) is 5.56 Å². The highest BCUT2D eigenvalue weighted by atomic mass is 16.3. The first-order valence-corrected chi connectivity index (χ1v) is 6.72. The van der Waals surface area contributed by atoms with Crippen LogP contribution in [0.15, 0.2) is 30.3 Å². The highest BCUT2D eigenvalue weighted by molar-refractivity contribution is 5.17. The molecular weight excluding hydrogens is 210 g/mol. The molecule has 1 fully saturated rings. The van der Waals surface area contributed by atoms with E-state index in [0.29, 0.717) is 6.04 Å². The summed E-state index contributed by atoms with van der Waals surface area (Å²) in [4.78, 5) is 0. The molecular formula is C15H23NO. The van der Waals surface area contributed by atoms with E-state index in [0.717, 1.165) is 38.1 Å². The van der Waals surface area contributed by atoms with Gasteiger partial charge in [-0.05, 0) is 50.6 Å². The number of aliphatic hydroxyl groups excluding tert-OH is 1. The van der Waals surface area contributed by atoms with Gasteiger partial charge >= 0.3 is 0 Å². The number of hydrogen-bond donors (Lipinski definition) is 2. The molecule has 2 heteroatoms. The first-order chi connectivity index (χ1) is 8.25. The summed E-state index contributed by atoms with van der Waals surface area (Å²) in [7, 11) is 0. The number of nitrogens with one attached hydrogen (secondary N) is 1. The molecule has 1 aromatic carbocycles. The molecule has 0 aromatic heterocycles. The fourth-order valence-electron chi connectivity index (χ4n) is 2.55. The Balaban J connectivity index is 1.75. The normalized spacial score (nSPS) is 26.7. The molecule has 2 N–H and O–H groups in total. The van der Waals surface area contributed by atoms with Crippen molar-refractivity contribution in [3.8, 4) is 0 Å². The Bertz CT molecular complexity index is 317. The van der Waals surface area contributed by atoms with Crippen molar-refractivity contribution in [2.45, 2.75) is 44.8 Å². The average Bonchev–Trinajstić information content (AvgIpc) is 2.39. The molecule has 94 valence electrons. The summed E-state index contributed by atoms with van der Waals surface area (Å²) >= 11 is 0. The van der Waals surface area contributed by atoms with Gasteiger partial charge < -0.3 is 10.4 Å². The van der Waals surface area contributed by atoms with Gasteiger partial charge in [0.15, 0.2) is 0 Å². The molecule has 2 rings (SSSR count). The Kier molecular flexibility index (Phi) is 4.57. The van der Waals surface area contributed by atoms with E-state index in [4.69, 9.17) is 0 Å². The van der Waals surface area contributed by atoms with Crippen LogP contribution in [0.1, 0.15) is 44.2 Å². The third-order valence-corrected chi connectivity index (χ3v) is 3.83. The van der Waals surface area contributed by atoms with E-state index < -0.39 is 0 Å². The van der Waals surface area contributed by atoms with Crippen LogP contribution in [0.5, 0.6) is 0 Å². The predicted molar refractivity (Wildman–Crippen MR) is 70.8 cm³/mol. The van der Waals surface area contributed by atoms with E-state index >= 15 is 0 Å². The lowest BCUT2D eigenvalue weighted by Crippen LogP contribution is -2.29. The molecule has 1 unspecified atom stereocenters. The van der Waals surface area contributed by atoms with Crippen molar-refractivity contribution in [2.24, 2.45) is 5.92 Å². The van der Waals surface area contributed by atoms with Gasteiger partial charge in [-0.2, -0.15) is 0 Å². The molecule has 0 heterocycles. The Morgan fingerprint density at radius 2 is 1.82 bits per heavy atom. The summed E-state index contributed by atoms with van der Waals surface area (Å²) in [5.74, 6) is 0.740. The minimum Gasteiger partial charge on any atom is -0.393 e. The highest BCUT2D eigenvalue weighted by Gasteiger charge is 2.19. The Morgan fingerprint density at radius 1 is 1.18 bits per heavy atom. The second-order valence-corrected chi connectivity index (χ2v) is 5.22. The van der Waals surface area contributed by atoms with Gasteiger partial charge in [-0.15, -0.1) is 0 Å². The van der Waals surface area contributed by atoms with Crippen molar-refractivity contribution >= 4 is 0 Å². The standard InChI is InChI=1S/C15H23NO/c1-12(14-5-3-2-4-6-14)16-11-13-7-9-15(17)10-8-13/h2-6,12-13,15-17H,7-11H2,1H3. The van der Waals surface area contributed by atoms with Crippen LogP contribution >= 0.6 is 0 Å². The zero-order valence-corrected chi connectivity index (χ0v) is 10.6. The zero-order valence-electron chi connectivity index (χ0n) is 10.6. The van der Waals surface area contributed by atoms with Crippen molar-refractivity contribution in [3.05, 3.63) is 35.9 Å². The number of hydrogen-bond acceptors (Lipinski definition) is 2. The molecule has 1 atom stereocenters. The molecule has 2 nitrogen and oxygen atoms in total. The van der Waals surface area contributed by atoms with Crippen molar-refractivity contribution in [3.63, 3.8) is 0 Å². The quantitative estimate of drug-likeness (QED) is 0.838. The number of aliphatic hydroxyl groups is 1. The number of rotatable bonds is 4. The fraction of sp³-hybridized carbons (Fsp3) is 0.600. The molecule has 0 bridgehead atoms. The minimum absolute atomic E-state index is 0.0437. The molecule has 0 aliphatic heterocycles. The van der Waals surface area contributed by atoms with Crippen LogP contribution in [-0.4, -0.2) is 17.8 Å². The van der Waals surface area contributed by atoms with Crippen LogP contribution < -0.4 is 5.32 Å². The van der Waals surface area contributed by atoms with Crippen molar-refractivity contribution < 1.29 is 5.11 Å². The van der Waals surface area contributed by atoms with E-state index in [-0.39, 0.29) is 6.10 Å². The van der Waals surface area contributed by atoms with E-state index in [1.807, 2.05) is 0 Å². The zero-order chi connectivity index (χ0) is 12.1. The summed E-state index contributed by atoms with van der Waals surface area (Å²) in [6.45, 7) is 3.29. The van der Waals surface area contributed by atoms with Gasteiger partial charge in [-0.1, -0.05) is 30.3 Å². The lowest BCUT2D eigenvalue weighted by Gasteiger charge is -2.27. The Labute approximate surface area is 104 Å².